The number of pyridine rings is 2. The zero-order valence-corrected chi connectivity index (χ0v) is 22.1. The van der Waals surface area contributed by atoms with Gasteiger partial charge >= 0.3 is 0 Å². The van der Waals surface area contributed by atoms with Crippen molar-refractivity contribution >= 4 is 38.8 Å². The molecule has 12 heteroatoms. The molecule has 1 aromatic carbocycles. The van der Waals surface area contributed by atoms with E-state index in [1.54, 1.807) is 38.1 Å². The molecule has 3 aromatic rings. The van der Waals surface area contributed by atoms with Gasteiger partial charge in [-0.3, -0.25) is 14.6 Å². The lowest BCUT2D eigenvalue weighted by molar-refractivity contribution is -0.117. The second-order valence-corrected chi connectivity index (χ2v) is 11.5. The van der Waals surface area contributed by atoms with Crippen LogP contribution in [0.25, 0.3) is 11.3 Å². The van der Waals surface area contributed by atoms with Gasteiger partial charge in [-0.2, -0.15) is 0 Å². The summed E-state index contributed by atoms with van der Waals surface area (Å²) in [6.07, 6.45) is 1.64. The first-order valence-corrected chi connectivity index (χ1v) is 13.4. The number of hydrogen-bond donors (Lipinski definition) is 3. The highest BCUT2D eigenvalue weighted by Gasteiger charge is 2.43. The monoisotopic (exact) mass is 541 g/mol. The number of alkyl halides is 1. The Labute approximate surface area is 220 Å². The lowest BCUT2D eigenvalue weighted by Crippen LogP contribution is -2.21. The number of benzene rings is 1. The molecule has 2 aromatic heterocycles. The van der Waals surface area contributed by atoms with E-state index in [2.05, 4.69) is 25.9 Å². The Morgan fingerprint density at radius 3 is 2.42 bits per heavy atom. The molecule has 3 N–H and O–H groups in total. The molecule has 1 fully saturated rings. The number of halogens is 1. The second kappa shape index (κ2) is 10.7. The highest BCUT2D eigenvalue weighted by molar-refractivity contribution is 7.92. The molecule has 0 saturated heterocycles. The van der Waals surface area contributed by atoms with Crippen molar-refractivity contribution in [2.75, 3.05) is 24.8 Å². The quantitative estimate of drug-likeness (QED) is 0.372. The van der Waals surface area contributed by atoms with Gasteiger partial charge in [0, 0.05) is 31.1 Å². The third-order valence-electron chi connectivity index (χ3n) is 6.13. The van der Waals surface area contributed by atoms with Crippen molar-refractivity contribution in [3.8, 4) is 17.0 Å². The Kier molecular flexibility index (Phi) is 7.63. The van der Waals surface area contributed by atoms with Crippen molar-refractivity contribution in [2.45, 2.75) is 36.6 Å². The third kappa shape index (κ3) is 5.44. The first-order valence-electron chi connectivity index (χ1n) is 11.9. The molecular weight excluding hydrogens is 513 g/mol. The van der Waals surface area contributed by atoms with Crippen molar-refractivity contribution in [3.63, 3.8) is 0 Å². The van der Waals surface area contributed by atoms with Crippen LogP contribution in [0.2, 0.25) is 0 Å². The van der Waals surface area contributed by atoms with Crippen LogP contribution in [0.1, 0.15) is 30.6 Å². The number of anilines is 3. The van der Waals surface area contributed by atoms with E-state index in [1.807, 2.05) is 0 Å². The van der Waals surface area contributed by atoms with E-state index in [1.165, 1.54) is 38.7 Å². The topological polar surface area (TPSA) is 139 Å². The normalized spacial score (nSPS) is 16.6. The number of sulfone groups is 1. The van der Waals surface area contributed by atoms with E-state index in [4.69, 9.17) is 4.74 Å². The number of amides is 2. The molecule has 10 nitrogen and oxygen atoms in total. The largest absolute Gasteiger partial charge is 0.494 e. The average molecular weight is 542 g/mol. The summed E-state index contributed by atoms with van der Waals surface area (Å²) in [7, 11) is -0.521. The van der Waals surface area contributed by atoms with Gasteiger partial charge in [0.05, 0.1) is 45.8 Å². The highest BCUT2D eigenvalue weighted by Crippen LogP contribution is 2.39. The van der Waals surface area contributed by atoms with Gasteiger partial charge in [-0.1, -0.05) is 6.07 Å². The Morgan fingerprint density at radius 1 is 1.11 bits per heavy atom. The highest BCUT2D eigenvalue weighted by atomic mass is 32.2. The average Bonchev–Trinajstić information content (AvgIpc) is 3.65. The summed E-state index contributed by atoms with van der Waals surface area (Å²) in [4.78, 5) is 33.3. The maximum Gasteiger partial charge on any atom is 0.254 e. The number of carbonyl (C=O) groups is 2. The zero-order chi connectivity index (χ0) is 27.6. The van der Waals surface area contributed by atoms with Gasteiger partial charge in [-0.25, -0.2) is 17.8 Å². The third-order valence-corrected chi connectivity index (χ3v) is 8.27. The Bertz CT molecular complexity index is 1480. The SMILES string of the molecule is CNC(=O)c1cnc(NC(=O)C2CC2F)cc1Nc1cccc(-c2ccc(S(=O)(=O)C(C)C)cn2)c1OC. The molecule has 4 rings (SSSR count). The van der Waals surface area contributed by atoms with Crippen LogP contribution in [0, 0.1) is 5.92 Å². The molecule has 2 heterocycles. The summed E-state index contributed by atoms with van der Waals surface area (Å²) in [5, 5.41) is 7.71. The van der Waals surface area contributed by atoms with E-state index in [9.17, 15) is 22.4 Å². The van der Waals surface area contributed by atoms with Crippen LogP contribution in [0.5, 0.6) is 5.75 Å². The number of hydrogen-bond acceptors (Lipinski definition) is 8. The van der Waals surface area contributed by atoms with Gasteiger partial charge in [0.25, 0.3) is 5.91 Å². The summed E-state index contributed by atoms with van der Waals surface area (Å²) in [6, 6.07) is 9.82. The predicted octanol–water partition coefficient (Wildman–Crippen LogP) is 3.73. The van der Waals surface area contributed by atoms with Crippen LogP contribution in [0.3, 0.4) is 0 Å². The van der Waals surface area contributed by atoms with Crippen LogP contribution in [0.4, 0.5) is 21.6 Å². The molecule has 2 amide bonds. The minimum atomic E-state index is -3.47. The standard InChI is InChI=1S/C26H28FN5O5S/c1-14(2)38(35,36)15-8-9-20(29-12-15)16-6-5-7-21(24(16)37-4)31-22-11-23(30-13-18(22)25(33)28-3)32-26(34)17-10-19(17)27/h5-9,11-14,17,19H,10H2,1-4H3,(H,28,33)(H2,30,31,32,34). The second-order valence-electron chi connectivity index (χ2n) is 9.03. The first-order chi connectivity index (χ1) is 18.1. The van der Waals surface area contributed by atoms with Crippen molar-refractivity contribution in [1.82, 2.24) is 15.3 Å². The van der Waals surface area contributed by atoms with E-state index in [0.29, 0.717) is 28.4 Å². The number of nitrogens with zero attached hydrogens (tertiary/aromatic N) is 2. The molecule has 0 bridgehead atoms. The van der Waals surface area contributed by atoms with Crippen LogP contribution in [-0.2, 0) is 14.6 Å². The minimum Gasteiger partial charge on any atom is -0.494 e. The maximum atomic E-state index is 13.3. The number of nitrogens with one attached hydrogen (secondary N) is 3. The van der Waals surface area contributed by atoms with E-state index >= 15 is 0 Å². The fourth-order valence-corrected chi connectivity index (χ4v) is 4.78. The van der Waals surface area contributed by atoms with E-state index in [0.717, 1.165) is 0 Å². The van der Waals surface area contributed by atoms with Crippen LogP contribution < -0.4 is 20.7 Å². The van der Waals surface area contributed by atoms with Gasteiger partial charge in [-0.05, 0) is 44.5 Å². The molecule has 1 aliphatic carbocycles. The Morgan fingerprint density at radius 2 is 1.84 bits per heavy atom. The van der Waals surface area contributed by atoms with E-state index in [-0.39, 0.29) is 22.7 Å². The van der Waals surface area contributed by atoms with Gasteiger partial charge in [-0.15, -0.1) is 0 Å². The number of methoxy groups -OCH3 is 1. The molecule has 2 unspecified atom stereocenters. The lowest BCUT2D eigenvalue weighted by Gasteiger charge is -2.17. The van der Waals surface area contributed by atoms with Crippen LogP contribution in [0.15, 0.2) is 53.7 Å². The smallest absolute Gasteiger partial charge is 0.254 e. The maximum absolute atomic E-state index is 13.3. The van der Waals surface area contributed by atoms with Crippen molar-refractivity contribution < 1.29 is 27.1 Å². The van der Waals surface area contributed by atoms with Gasteiger partial charge < -0.3 is 20.7 Å². The molecule has 2 atom stereocenters. The summed E-state index contributed by atoms with van der Waals surface area (Å²) >= 11 is 0. The van der Waals surface area contributed by atoms with Crippen molar-refractivity contribution in [3.05, 3.63) is 54.4 Å². The fraction of sp³-hybridized carbons (Fsp3) is 0.308. The first kappa shape index (κ1) is 27.0. The number of carbonyl (C=O) groups excluding carboxylic acids is 2. The molecular formula is C26H28FN5O5S. The lowest BCUT2D eigenvalue weighted by atomic mass is 10.1. The van der Waals surface area contributed by atoms with Crippen LogP contribution >= 0.6 is 0 Å². The molecule has 0 aliphatic heterocycles. The fourth-order valence-electron chi connectivity index (χ4n) is 3.78. The molecule has 200 valence electrons. The zero-order valence-electron chi connectivity index (χ0n) is 21.3. The number of para-hydroxylation sites is 1. The van der Waals surface area contributed by atoms with Crippen LogP contribution in [-0.4, -0.2) is 55.8 Å². The van der Waals surface area contributed by atoms with Crippen molar-refractivity contribution in [1.29, 1.82) is 0 Å². The molecule has 1 aliphatic rings. The summed E-state index contributed by atoms with van der Waals surface area (Å²) in [6.45, 7) is 3.21. The van der Waals surface area contributed by atoms with Gasteiger partial charge in [0.1, 0.15) is 12.0 Å². The van der Waals surface area contributed by atoms with E-state index < -0.39 is 39.0 Å². The Hall–Kier alpha value is -4.06. The number of ether oxygens (including phenoxy) is 1. The van der Waals surface area contributed by atoms with Gasteiger partial charge in [0.2, 0.25) is 5.91 Å². The predicted molar refractivity (Wildman–Crippen MR) is 141 cm³/mol. The molecule has 0 radical (unpaired) electrons. The van der Waals surface area contributed by atoms with Crippen molar-refractivity contribution in [2.24, 2.45) is 5.92 Å². The van der Waals surface area contributed by atoms with Gasteiger partial charge in [0.15, 0.2) is 15.6 Å². The number of rotatable bonds is 9. The molecule has 38 heavy (non-hydrogen) atoms. The summed E-state index contributed by atoms with van der Waals surface area (Å²) < 4.78 is 43.9. The molecule has 0 spiro atoms. The summed E-state index contributed by atoms with van der Waals surface area (Å²) in [5.74, 6) is -1.04. The summed E-state index contributed by atoms with van der Waals surface area (Å²) in [5.41, 5.74) is 2.06. The number of aromatic nitrogens is 2. The Balaban J connectivity index is 1.69. The molecule has 1 saturated carbocycles. The minimum absolute atomic E-state index is 0.122.